The lowest BCUT2D eigenvalue weighted by molar-refractivity contribution is -0.137. The van der Waals surface area contributed by atoms with Crippen molar-refractivity contribution in [2.24, 2.45) is 5.41 Å². The third-order valence-electron chi connectivity index (χ3n) is 3.38. The summed E-state index contributed by atoms with van der Waals surface area (Å²) >= 11 is 0. The van der Waals surface area contributed by atoms with Crippen molar-refractivity contribution >= 4 is 0 Å². The molecule has 0 saturated carbocycles. The number of halogens is 3. The van der Waals surface area contributed by atoms with Crippen LogP contribution in [0.25, 0.3) is 0 Å². The minimum absolute atomic E-state index is 0.00593. The first-order valence-corrected chi connectivity index (χ1v) is 5.80. The first kappa shape index (κ1) is 13.4. The molecule has 1 unspecified atom stereocenters. The second-order valence-electron chi connectivity index (χ2n) is 4.83. The van der Waals surface area contributed by atoms with E-state index in [1.165, 1.54) is 12.1 Å². The summed E-state index contributed by atoms with van der Waals surface area (Å²) in [5.74, 6) is 0. The third kappa shape index (κ3) is 2.84. The minimum Gasteiger partial charge on any atom is -0.396 e. The summed E-state index contributed by atoms with van der Waals surface area (Å²) in [5, 5.41) is 9.40. The second kappa shape index (κ2) is 4.90. The molecule has 1 aromatic carbocycles. The zero-order valence-electron chi connectivity index (χ0n) is 9.83. The molecular weight excluding hydrogens is 245 g/mol. The SMILES string of the molecule is OCC1(Cc2ccc(C(F)(F)F)cc2)CCOC1. The normalized spacial score (nSPS) is 24.4. The van der Waals surface area contributed by atoms with Crippen molar-refractivity contribution in [1.29, 1.82) is 0 Å². The van der Waals surface area contributed by atoms with Gasteiger partial charge in [0.2, 0.25) is 0 Å². The van der Waals surface area contributed by atoms with E-state index in [0.717, 1.165) is 24.1 Å². The van der Waals surface area contributed by atoms with Crippen LogP contribution in [0.1, 0.15) is 17.5 Å². The average Bonchev–Trinajstić information content (AvgIpc) is 2.78. The average molecular weight is 260 g/mol. The Morgan fingerprint density at radius 2 is 1.89 bits per heavy atom. The Hall–Kier alpha value is -1.07. The molecule has 1 heterocycles. The molecule has 100 valence electrons. The molecule has 0 radical (unpaired) electrons. The molecule has 2 nitrogen and oxygen atoms in total. The molecule has 5 heteroatoms. The molecule has 1 N–H and O–H groups in total. The summed E-state index contributed by atoms with van der Waals surface area (Å²) in [7, 11) is 0. The molecule has 18 heavy (non-hydrogen) atoms. The highest BCUT2D eigenvalue weighted by Crippen LogP contribution is 2.33. The van der Waals surface area contributed by atoms with Gasteiger partial charge in [-0.2, -0.15) is 13.2 Å². The van der Waals surface area contributed by atoms with E-state index in [1.54, 1.807) is 0 Å². The number of aliphatic hydroxyl groups is 1. The quantitative estimate of drug-likeness (QED) is 0.905. The molecular formula is C13H15F3O2. The van der Waals surface area contributed by atoms with Crippen molar-refractivity contribution in [2.75, 3.05) is 19.8 Å². The van der Waals surface area contributed by atoms with Gasteiger partial charge in [-0.3, -0.25) is 0 Å². The van der Waals surface area contributed by atoms with Gasteiger partial charge in [0.1, 0.15) is 0 Å². The summed E-state index contributed by atoms with van der Waals surface area (Å²) in [5.41, 5.74) is -0.186. The fourth-order valence-electron chi connectivity index (χ4n) is 2.21. The highest BCUT2D eigenvalue weighted by molar-refractivity contribution is 5.25. The molecule has 1 aliphatic rings. The second-order valence-corrected chi connectivity index (χ2v) is 4.83. The first-order chi connectivity index (χ1) is 8.45. The summed E-state index contributed by atoms with van der Waals surface area (Å²) < 4.78 is 42.5. The van der Waals surface area contributed by atoms with E-state index in [0.29, 0.717) is 19.6 Å². The number of hydrogen-bond donors (Lipinski definition) is 1. The maximum Gasteiger partial charge on any atom is 0.416 e. The maximum absolute atomic E-state index is 12.4. The van der Waals surface area contributed by atoms with E-state index < -0.39 is 11.7 Å². The molecule has 0 amide bonds. The Morgan fingerprint density at radius 1 is 1.22 bits per heavy atom. The number of rotatable bonds is 3. The largest absolute Gasteiger partial charge is 0.416 e. The van der Waals surface area contributed by atoms with Crippen LogP contribution in [0.15, 0.2) is 24.3 Å². The first-order valence-electron chi connectivity index (χ1n) is 5.80. The number of benzene rings is 1. The topological polar surface area (TPSA) is 29.5 Å². The Morgan fingerprint density at radius 3 is 2.33 bits per heavy atom. The molecule has 0 aromatic heterocycles. The smallest absolute Gasteiger partial charge is 0.396 e. The lowest BCUT2D eigenvalue weighted by Gasteiger charge is -2.24. The van der Waals surface area contributed by atoms with Gasteiger partial charge in [0.15, 0.2) is 0 Å². The fourth-order valence-corrected chi connectivity index (χ4v) is 2.21. The molecule has 1 fully saturated rings. The molecule has 1 aromatic rings. The molecule has 1 aliphatic heterocycles. The van der Waals surface area contributed by atoms with Crippen molar-refractivity contribution in [2.45, 2.75) is 19.0 Å². The van der Waals surface area contributed by atoms with Crippen LogP contribution in [0.4, 0.5) is 13.2 Å². The molecule has 0 aliphatic carbocycles. The molecule has 1 saturated heterocycles. The lowest BCUT2D eigenvalue weighted by atomic mass is 9.82. The van der Waals surface area contributed by atoms with E-state index in [9.17, 15) is 18.3 Å². The van der Waals surface area contributed by atoms with Crippen molar-refractivity contribution in [1.82, 2.24) is 0 Å². The zero-order chi connectivity index (χ0) is 13.2. The van der Waals surface area contributed by atoms with E-state index in [2.05, 4.69) is 0 Å². The Bertz CT molecular complexity index is 392. The van der Waals surface area contributed by atoms with Gasteiger partial charge in [0, 0.05) is 12.0 Å². The van der Waals surface area contributed by atoms with Crippen LogP contribution in [0.2, 0.25) is 0 Å². The van der Waals surface area contributed by atoms with Gasteiger partial charge in [0.05, 0.1) is 18.8 Å². The van der Waals surface area contributed by atoms with Crippen LogP contribution in [0.3, 0.4) is 0 Å². The van der Waals surface area contributed by atoms with Crippen LogP contribution in [-0.2, 0) is 17.3 Å². The van der Waals surface area contributed by atoms with Crippen LogP contribution in [0.5, 0.6) is 0 Å². The third-order valence-corrected chi connectivity index (χ3v) is 3.38. The lowest BCUT2D eigenvalue weighted by Crippen LogP contribution is -2.28. The van der Waals surface area contributed by atoms with E-state index in [-0.39, 0.29) is 12.0 Å². The number of alkyl halides is 3. The van der Waals surface area contributed by atoms with Crippen LogP contribution < -0.4 is 0 Å². The van der Waals surface area contributed by atoms with Gasteiger partial charge < -0.3 is 9.84 Å². The van der Waals surface area contributed by atoms with Gasteiger partial charge >= 0.3 is 6.18 Å². The number of aliphatic hydroxyl groups excluding tert-OH is 1. The van der Waals surface area contributed by atoms with Gasteiger partial charge in [-0.15, -0.1) is 0 Å². The minimum atomic E-state index is -4.30. The van der Waals surface area contributed by atoms with Crippen LogP contribution >= 0.6 is 0 Å². The van der Waals surface area contributed by atoms with Gasteiger partial charge in [-0.1, -0.05) is 12.1 Å². The van der Waals surface area contributed by atoms with Crippen molar-refractivity contribution in [3.05, 3.63) is 35.4 Å². The van der Waals surface area contributed by atoms with E-state index >= 15 is 0 Å². The molecule has 1 atom stereocenters. The van der Waals surface area contributed by atoms with Gasteiger partial charge in [-0.05, 0) is 30.5 Å². The van der Waals surface area contributed by atoms with Crippen molar-refractivity contribution in [3.8, 4) is 0 Å². The zero-order valence-corrected chi connectivity index (χ0v) is 9.83. The van der Waals surface area contributed by atoms with E-state index in [1.807, 2.05) is 0 Å². The summed E-state index contributed by atoms with van der Waals surface area (Å²) in [6.45, 7) is 1.06. The Kier molecular flexibility index (Phi) is 3.64. The monoisotopic (exact) mass is 260 g/mol. The van der Waals surface area contributed by atoms with Crippen LogP contribution in [0, 0.1) is 5.41 Å². The molecule has 0 spiro atoms. The van der Waals surface area contributed by atoms with Crippen molar-refractivity contribution in [3.63, 3.8) is 0 Å². The highest BCUT2D eigenvalue weighted by atomic mass is 19.4. The number of ether oxygens (including phenoxy) is 1. The van der Waals surface area contributed by atoms with Gasteiger partial charge in [0.25, 0.3) is 0 Å². The summed E-state index contributed by atoms with van der Waals surface area (Å²) in [6.07, 6.45) is -3.02. The molecule has 2 rings (SSSR count). The highest BCUT2D eigenvalue weighted by Gasteiger charge is 2.35. The standard InChI is InChI=1S/C13H15F3O2/c14-13(15,16)11-3-1-10(2-4-11)7-12(8-17)5-6-18-9-12/h1-4,17H,5-9H2. The summed E-state index contributed by atoms with van der Waals surface area (Å²) in [6, 6.07) is 5.10. The molecule has 0 bridgehead atoms. The maximum atomic E-state index is 12.4. The fraction of sp³-hybridized carbons (Fsp3) is 0.538. The van der Waals surface area contributed by atoms with Gasteiger partial charge in [-0.25, -0.2) is 0 Å². The predicted octanol–water partition coefficient (Wildman–Crippen LogP) is 2.65. The predicted molar refractivity (Wildman–Crippen MR) is 60.1 cm³/mol. The Labute approximate surface area is 103 Å². The Balaban J connectivity index is 2.11. The van der Waals surface area contributed by atoms with Crippen LogP contribution in [-0.4, -0.2) is 24.9 Å². The number of hydrogen-bond acceptors (Lipinski definition) is 2. The summed E-state index contributed by atoms with van der Waals surface area (Å²) in [4.78, 5) is 0. The van der Waals surface area contributed by atoms with Crippen molar-refractivity contribution < 1.29 is 23.0 Å². The van der Waals surface area contributed by atoms with E-state index in [4.69, 9.17) is 4.74 Å².